The zero-order valence-corrected chi connectivity index (χ0v) is 22.6. The summed E-state index contributed by atoms with van der Waals surface area (Å²) in [6.07, 6.45) is 8.53. The number of thioether (sulfide) groups is 1. The van der Waals surface area contributed by atoms with Gasteiger partial charge >= 0.3 is 0 Å². The Labute approximate surface area is 222 Å². The van der Waals surface area contributed by atoms with E-state index in [0.717, 1.165) is 0 Å². The third kappa shape index (κ3) is 4.07. The number of rotatable bonds is 6. The first-order chi connectivity index (χ1) is 17.7. The summed E-state index contributed by atoms with van der Waals surface area (Å²) in [6.45, 7) is 4.69. The molecule has 8 nitrogen and oxygen atoms in total. The second-order valence-corrected chi connectivity index (χ2v) is 12.2. The molecule has 5 rings (SSSR count). The molecule has 4 heterocycles. The maximum Gasteiger partial charge on any atom is 0.251 e. The van der Waals surface area contributed by atoms with E-state index in [1.807, 2.05) is 62.4 Å². The highest BCUT2D eigenvalue weighted by atomic mass is 32.2. The summed E-state index contributed by atoms with van der Waals surface area (Å²) in [7, 11) is 3.35. The van der Waals surface area contributed by atoms with Crippen LogP contribution in [0.1, 0.15) is 20.3 Å². The average molecular weight is 526 g/mol. The summed E-state index contributed by atoms with van der Waals surface area (Å²) >= 11 is 1.56. The van der Waals surface area contributed by atoms with E-state index in [0.29, 0.717) is 30.9 Å². The van der Waals surface area contributed by atoms with Gasteiger partial charge in [-0.1, -0.05) is 38.2 Å². The number of benzene rings is 1. The normalized spacial score (nSPS) is 31.8. The zero-order chi connectivity index (χ0) is 26.5. The molecule has 1 aromatic rings. The molecule has 0 aromatic heterocycles. The van der Waals surface area contributed by atoms with Gasteiger partial charge in [0, 0.05) is 31.1 Å². The molecule has 1 spiro atoms. The maximum absolute atomic E-state index is 14.5. The molecular weight excluding hydrogens is 490 g/mol. The van der Waals surface area contributed by atoms with Crippen molar-refractivity contribution >= 4 is 35.2 Å². The van der Waals surface area contributed by atoms with Gasteiger partial charge in [-0.3, -0.25) is 14.4 Å². The predicted octanol–water partition coefficient (Wildman–Crippen LogP) is 2.33. The number of methoxy groups -OCH3 is 1. The Hall–Kier alpha value is -2.78. The summed E-state index contributed by atoms with van der Waals surface area (Å²) in [4.78, 5) is 47.3. The molecule has 2 fully saturated rings. The number of fused-ring (bicyclic) bond motifs is 2. The van der Waals surface area contributed by atoms with E-state index < -0.39 is 28.7 Å². The van der Waals surface area contributed by atoms with Crippen molar-refractivity contribution in [3.8, 4) is 5.75 Å². The van der Waals surface area contributed by atoms with E-state index in [1.165, 1.54) is 0 Å². The van der Waals surface area contributed by atoms with Crippen molar-refractivity contribution < 1.29 is 24.2 Å². The van der Waals surface area contributed by atoms with Crippen LogP contribution < -0.4 is 9.64 Å². The molecule has 0 saturated carbocycles. The lowest BCUT2D eigenvalue weighted by atomic mass is 9.78. The quantitative estimate of drug-likeness (QED) is 0.574. The van der Waals surface area contributed by atoms with Crippen LogP contribution in [-0.4, -0.2) is 88.6 Å². The van der Waals surface area contributed by atoms with Crippen molar-refractivity contribution in [1.82, 2.24) is 9.80 Å². The molecule has 37 heavy (non-hydrogen) atoms. The maximum atomic E-state index is 14.5. The monoisotopic (exact) mass is 525 g/mol. The number of carbonyl (C=O) groups is 3. The SMILES string of the molecule is COc1ccc(N2CC=C[C@]34S[C@@H]5C=CCN(C)C(=O)[C@@H]5[C@H]3C(=O)N([C@@H](CO)CC(C)C)C4C2=O)cc1. The lowest BCUT2D eigenvalue weighted by Crippen LogP contribution is -2.57. The van der Waals surface area contributed by atoms with Crippen molar-refractivity contribution in [1.29, 1.82) is 0 Å². The number of amides is 3. The van der Waals surface area contributed by atoms with E-state index in [-0.39, 0.29) is 35.5 Å². The molecule has 4 aliphatic heterocycles. The van der Waals surface area contributed by atoms with E-state index in [9.17, 15) is 19.5 Å². The Morgan fingerprint density at radius 2 is 1.81 bits per heavy atom. The van der Waals surface area contributed by atoms with Crippen LogP contribution in [0, 0.1) is 17.8 Å². The van der Waals surface area contributed by atoms with E-state index in [1.54, 1.807) is 40.6 Å². The number of likely N-dealkylation sites (tertiary alicyclic amines) is 1. The number of aliphatic hydroxyl groups excluding tert-OH is 1. The molecule has 6 atom stereocenters. The number of ether oxygens (including phenoxy) is 1. The van der Waals surface area contributed by atoms with Crippen molar-refractivity contribution in [3.05, 3.63) is 48.6 Å². The first-order valence-electron chi connectivity index (χ1n) is 12.9. The third-order valence-electron chi connectivity index (χ3n) is 8.03. The van der Waals surface area contributed by atoms with Gasteiger partial charge in [0.2, 0.25) is 11.8 Å². The van der Waals surface area contributed by atoms with Crippen LogP contribution in [0.5, 0.6) is 5.75 Å². The summed E-state index contributed by atoms with van der Waals surface area (Å²) in [5, 5.41) is 10.2. The lowest BCUT2D eigenvalue weighted by Gasteiger charge is -2.39. The van der Waals surface area contributed by atoms with Gasteiger partial charge in [0.25, 0.3) is 5.91 Å². The van der Waals surface area contributed by atoms with Gasteiger partial charge < -0.3 is 24.5 Å². The molecule has 9 heteroatoms. The van der Waals surface area contributed by atoms with Crippen LogP contribution in [-0.2, 0) is 14.4 Å². The molecule has 1 N–H and O–H groups in total. The minimum atomic E-state index is -0.896. The summed E-state index contributed by atoms with van der Waals surface area (Å²) in [6, 6.07) is 5.96. The predicted molar refractivity (Wildman–Crippen MR) is 143 cm³/mol. The van der Waals surface area contributed by atoms with Gasteiger partial charge in [-0.15, -0.1) is 11.8 Å². The number of hydrogen-bond acceptors (Lipinski definition) is 6. The molecule has 1 unspecified atom stereocenters. The molecule has 0 bridgehead atoms. The van der Waals surface area contributed by atoms with Gasteiger partial charge in [0.05, 0.1) is 36.3 Å². The highest BCUT2D eigenvalue weighted by Gasteiger charge is 2.71. The molecule has 198 valence electrons. The number of carbonyl (C=O) groups excluding carboxylic acids is 3. The average Bonchev–Trinajstić information content (AvgIpc) is 3.21. The van der Waals surface area contributed by atoms with Crippen LogP contribution in [0.3, 0.4) is 0 Å². The van der Waals surface area contributed by atoms with E-state index in [2.05, 4.69) is 0 Å². The number of aliphatic hydroxyl groups is 1. The smallest absolute Gasteiger partial charge is 0.251 e. The van der Waals surface area contributed by atoms with Gasteiger partial charge in [-0.25, -0.2) is 0 Å². The topological polar surface area (TPSA) is 90.4 Å². The molecule has 0 aliphatic carbocycles. The van der Waals surface area contributed by atoms with Gasteiger partial charge in [-0.05, 0) is 36.6 Å². The summed E-state index contributed by atoms with van der Waals surface area (Å²) in [5.74, 6) is -0.809. The fourth-order valence-electron chi connectivity index (χ4n) is 6.41. The Kier molecular flexibility index (Phi) is 6.87. The number of anilines is 1. The molecule has 0 radical (unpaired) electrons. The Morgan fingerprint density at radius 1 is 1.08 bits per heavy atom. The molecule has 3 amide bonds. The van der Waals surface area contributed by atoms with Crippen LogP contribution in [0.4, 0.5) is 5.69 Å². The second-order valence-electron chi connectivity index (χ2n) is 10.7. The van der Waals surface area contributed by atoms with Crippen molar-refractivity contribution in [2.75, 3.05) is 38.8 Å². The standard InChI is InChI=1S/C28H35N3O5S/c1-17(2)15-19(16-32)31-24-27(35)30(18-8-10-20(36-4)11-9-18)14-6-12-28(24)23(26(31)34)22-21(37-28)7-5-13-29(3)25(22)33/h5-12,17,19,21-24,32H,13-16H2,1-4H3/t19-,21-,22+,23+,24?,28+/m1/s1. The lowest BCUT2D eigenvalue weighted by molar-refractivity contribution is -0.144. The van der Waals surface area contributed by atoms with Crippen LogP contribution in [0.25, 0.3) is 0 Å². The molecule has 1 aromatic carbocycles. The largest absolute Gasteiger partial charge is 0.497 e. The molecule has 2 saturated heterocycles. The van der Waals surface area contributed by atoms with Crippen LogP contribution in [0.15, 0.2) is 48.6 Å². The Bertz CT molecular complexity index is 1140. The fourth-order valence-corrected chi connectivity index (χ4v) is 8.40. The van der Waals surface area contributed by atoms with Crippen LogP contribution >= 0.6 is 11.8 Å². The minimum absolute atomic E-state index is 0.0696. The highest BCUT2D eigenvalue weighted by Crippen LogP contribution is 2.61. The number of hydrogen-bond donors (Lipinski definition) is 1. The van der Waals surface area contributed by atoms with E-state index in [4.69, 9.17) is 4.74 Å². The minimum Gasteiger partial charge on any atom is -0.497 e. The number of likely N-dealkylation sites (N-methyl/N-ethyl adjacent to an activating group) is 1. The van der Waals surface area contributed by atoms with E-state index >= 15 is 0 Å². The molecular formula is C28H35N3O5S. The van der Waals surface area contributed by atoms with Crippen LogP contribution in [0.2, 0.25) is 0 Å². The second kappa shape index (κ2) is 9.83. The summed E-state index contributed by atoms with van der Waals surface area (Å²) in [5.41, 5.74) is 0.709. The zero-order valence-electron chi connectivity index (χ0n) is 21.7. The Balaban J connectivity index is 1.63. The van der Waals surface area contributed by atoms with Crippen molar-refractivity contribution in [3.63, 3.8) is 0 Å². The highest BCUT2D eigenvalue weighted by molar-refractivity contribution is 8.02. The van der Waals surface area contributed by atoms with Gasteiger partial charge in [-0.2, -0.15) is 0 Å². The summed E-state index contributed by atoms with van der Waals surface area (Å²) < 4.78 is 4.39. The molecule has 4 aliphatic rings. The number of nitrogens with zero attached hydrogens (tertiary/aromatic N) is 3. The van der Waals surface area contributed by atoms with Crippen molar-refractivity contribution in [2.24, 2.45) is 17.8 Å². The van der Waals surface area contributed by atoms with Gasteiger partial charge in [0.15, 0.2) is 0 Å². The fraction of sp³-hybridized carbons (Fsp3) is 0.536. The van der Waals surface area contributed by atoms with Crippen molar-refractivity contribution in [2.45, 2.75) is 42.3 Å². The first kappa shape index (κ1) is 25.9. The van der Waals surface area contributed by atoms with Gasteiger partial charge in [0.1, 0.15) is 11.8 Å². The first-order valence-corrected chi connectivity index (χ1v) is 13.8. The Morgan fingerprint density at radius 3 is 2.46 bits per heavy atom. The third-order valence-corrected chi connectivity index (χ3v) is 9.77.